The van der Waals surface area contributed by atoms with E-state index in [-0.39, 0.29) is 0 Å². The molecule has 4 heteroatoms. The molecule has 0 amide bonds. The monoisotopic (exact) mass is 120 g/mol. The van der Waals surface area contributed by atoms with Crippen molar-refractivity contribution in [2.45, 2.75) is 6.10 Å². The highest BCUT2D eigenvalue weighted by Crippen LogP contribution is 1.80. The van der Waals surface area contributed by atoms with E-state index in [1.807, 2.05) is 0 Å². The molecule has 0 bridgehead atoms. The minimum atomic E-state index is -1.53. The van der Waals surface area contributed by atoms with Crippen molar-refractivity contribution in [1.29, 1.82) is 0 Å². The van der Waals surface area contributed by atoms with Crippen LogP contribution in [-0.2, 0) is 9.53 Å². The minimum absolute atomic E-state index is 0.877. The summed E-state index contributed by atoms with van der Waals surface area (Å²) in [6.45, 7) is -1.32. The molecule has 2 atom stereocenters. The van der Waals surface area contributed by atoms with E-state index in [1.54, 1.807) is 0 Å². The number of hydrogen-bond acceptors (Lipinski definition) is 4. The van der Waals surface area contributed by atoms with Gasteiger partial charge in [0.05, 0.1) is 7.11 Å². The maximum atomic E-state index is 10.3. The van der Waals surface area contributed by atoms with Gasteiger partial charge in [0.1, 0.15) is 0 Å². The Morgan fingerprint density at radius 2 is 2.75 bits per heavy atom. The van der Waals surface area contributed by atoms with Crippen molar-refractivity contribution in [3.8, 4) is 0 Å². The molecule has 0 saturated heterocycles. The molecule has 4 nitrogen and oxygen atoms in total. The first kappa shape index (κ1) is 5.53. The van der Waals surface area contributed by atoms with Crippen molar-refractivity contribution in [3.63, 3.8) is 0 Å². The second kappa shape index (κ2) is 3.40. The third-order valence-electron chi connectivity index (χ3n) is 0.625. The first-order chi connectivity index (χ1) is 4.09. The fourth-order valence-corrected chi connectivity index (χ4v) is 0.199. The largest absolute Gasteiger partial charge is 0.467 e. The quantitative estimate of drug-likeness (QED) is 0.434. The molecule has 0 unspecified atom stereocenters. The Kier molecular flexibility index (Phi) is 2.35. The van der Waals surface area contributed by atoms with Crippen LogP contribution in [-0.4, -0.2) is 30.8 Å². The SMILES string of the molecule is [2H][C@@H](N)[C@H](O)C(=O)OC. The summed E-state index contributed by atoms with van der Waals surface area (Å²) < 4.78 is 10.7. The number of esters is 1. The molecule has 0 saturated carbocycles. The van der Waals surface area contributed by atoms with Crippen LogP contribution in [0.15, 0.2) is 0 Å². The van der Waals surface area contributed by atoms with Gasteiger partial charge in [-0.3, -0.25) is 0 Å². The van der Waals surface area contributed by atoms with E-state index in [4.69, 9.17) is 12.2 Å². The van der Waals surface area contributed by atoms with Crippen LogP contribution in [0, 0.1) is 0 Å². The normalized spacial score (nSPS) is 18.6. The third-order valence-corrected chi connectivity index (χ3v) is 0.625. The van der Waals surface area contributed by atoms with E-state index in [2.05, 4.69) is 4.74 Å². The molecule has 0 aromatic rings. The Hall–Kier alpha value is -0.610. The van der Waals surface area contributed by atoms with Gasteiger partial charge in [0.15, 0.2) is 6.10 Å². The van der Waals surface area contributed by atoms with Crippen molar-refractivity contribution >= 4 is 5.97 Å². The lowest BCUT2D eigenvalue weighted by Crippen LogP contribution is -2.29. The van der Waals surface area contributed by atoms with Gasteiger partial charge in [-0.1, -0.05) is 0 Å². The van der Waals surface area contributed by atoms with Gasteiger partial charge in [0, 0.05) is 7.89 Å². The van der Waals surface area contributed by atoms with Crippen LogP contribution >= 0.6 is 0 Å². The van der Waals surface area contributed by atoms with Crippen molar-refractivity contribution < 1.29 is 16.0 Å². The summed E-state index contributed by atoms with van der Waals surface area (Å²) in [5.41, 5.74) is 4.83. The van der Waals surface area contributed by atoms with Crippen LogP contribution in [0.3, 0.4) is 0 Å². The van der Waals surface area contributed by atoms with E-state index >= 15 is 0 Å². The summed E-state index contributed by atoms with van der Waals surface area (Å²) in [6, 6.07) is 0. The van der Waals surface area contributed by atoms with Crippen LogP contribution in [0.4, 0.5) is 0 Å². The highest BCUT2D eigenvalue weighted by atomic mass is 16.5. The van der Waals surface area contributed by atoms with Crippen LogP contribution in [0.5, 0.6) is 0 Å². The van der Waals surface area contributed by atoms with E-state index in [0.29, 0.717) is 0 Å². The maximum absolute atomic E-state index is 10.3. The number of aliphatic hydroxyl groups is 1. The predicted molar refractivity (Wildman–Crippen MR) is 27.1 cm³/mol. The zero-order valence-corrected chi connectivity index (χ0v) is 4.50. The van der Waals surface area contributed by atoms with Gasteiger partial charge in [-0.2, -0.15) is 0 Å². The van der Waals surface area contributed by atoms with Crippen molar-refractivity contribution in [3.05, 3.63) is 0 Å². The highest BCUT2D eigenvalue weighted by molar-refractivity contribution is 5.74. The van der Waals surface area contributed by atoms with Gasteiger partial charge in [-0.05, 0) is 0 Å². The van der Waals surface area contributed by atoms with E-state index in [0.717, 1.165) is 7.11 Å². The number of nitrogens with two attached hydrogens (primary N) is 1. The van der Waals surface area contributed by atoms with Crippen molar-refractivity contribution in [1.82, 2.24) is 0 Å². The topological polar surface area (TPSA) is 72.5 Å². The zero-order chi connectivity index (χ0) is 7.44. The lowest BCUT2D eigenvalue weighted by atomic mass is 10.4. The Balaban J connectivity index is 3.72. The molecule has 48 valence electrons. The fourth-order valence-electron chi connectivity index (χ4n) is 0.199. The first-order valence-corrected chi connectivity index (χ1v) is 2.03. The molecule has 0 radical (unpaired) electrons. The molecule has 0 aliphatic heterocycles. The lowest BCUT2D eigenvalue weighted by Gasteiger charge is -2.02. The molecule has 0 aliphatic rings. The fraction of sp³-hybridized carbons (Fsp3) is 0.750. The molecule has 0 aliphatic carbocycles. The molecular formula is C4H9NO3. The molecule has 3 N–H and O–H groups in total. The Morgan fingerprint density at radius 1 is 2.25 bits per heavy atom. The lowest BCUT2D eigenvalue weighted by molar-refractivity contribution is -0.149. The van der Waals surface area contributed by atoms with Crippen molar-refractivity contribution in [2.75, 3.05) is 13.6 Å². The van der Waals surface area contributed by atoms with Gasteiger partial charge in [-0.15, -0.1) is 0 Å². The molecule has 0 fully saturated rings. The van der Waals surface area contributed by atoms with Gasteiger partial charge in [0.2, 0.25) is 0 Å². The second-order valence-electron chi connectivity index (χ2n) is 1.16. The smallest absolute Gasteiger partial charge is 0.336 e. The summed E-state index contributed by atoms with van der Waals surface area (Å²) in [5.74, 6) is -0.877. The predicted octanol–water partition coefficient (Wildman–Crippen LogP) is -1.52. The van der Waals surface area contributed by atoms with E-state index < -0.39 is 18.6 Å². The van der Waals surface area contributed by atoms with Crippen LogP contribution in [0.1, 0.15) is 1.37 Å². The summed E-state index contributed by atoms with van der Waals surface area (Å²) in [7, 11) is 1.12. The Bertz CT molecular complexity index is 106. The molecule has 8 heavy (non-hydrogen) atoms. The molecular weight excluding hydrogens is 110 g/mol. The number of carbonyl (C=O) groups is 1. The number of carbonyl (C=O) groups excluding carboxylic acids is 1. The van der Waals surface area contributed by atoms with Crippen LogP contribution in [0.2, 0.25) is 0 Å². The molecule has 0 spiro atoms. The molecule has 0 aromatic carbocycles. The summed E-state index contributed by atoms with van der Waals surface area (Å²) in [6.07, 6.45) is -1.53. The van der Waals surface area contributed by atoms with Gasteiger partial charge >= 0.3 is 5.97 Å². The third kappa shape index (κ3) is 1.90. The van der Waals surface area contributed by atoms with Crippen LogP contribution < -0.4 is 5.73 Å². The Labute approximate surface area is 48.6 Å². The number of ether oxygens (including phenoxy) is 1. The molecule has 0 rings (SSSR count). The highest BCUT2D eigenvalue weighted by Gasteiger charge is 2.10. The van der Waals surface area contributed by atoms with Crippen molar-refractivity contribution in [2.24, 2.45) is 5.73 Å². The molecule has 0 aromatic heterocycles. The molecule has 0 heterocycles. The van der Waals surface area contributed by atoms with Gasteiger partial charge in [-0.25, -0.2) is 4.79 Å². The minimum Gasteiger partial charge on any atom is -0.467 e. The standard InChI is InChI=1S/C4H9NO3/c1-8-4(7)3(6)2-5/h3,6H,2,5H2,1H3/t3-/m0/s1/i2D/t2-,3+/m1. The average Bonchev–Trinajstić information content (AvgIpc) is 1.84. The summed E-state index contributed by atoms with van der Waals surface area (Å²) in [5, 5.41) is 8.61. The number of rotatable bonds is 2. The Morgan fingerprint density at radius 3 is 2.88 bits per heavy atom. The second-order valence-corrected chi connectivity index (χ2v) is 1.16. The van der Waals surface area contributed by atoms with E-state index in [9.17, 15) is 4.79 Å². The maximum Gasteiger partial charge on any atom is 0.336 e. The number of methoxy groups -OCH3 is 1. The van der Waals surface area contributed by atoms with Gasteiger partial charge < -0.3 is 15.6 Å². The van der Waals surface area contributed by atoms with Crippen LogP contribution in [0.25, 0.3) is 0 Å². The zero-order valence-electron chi connectivity index (χ0n) is 5.50. The van der Waals surface area contributed by atoms with Gasteiger partial charge in [0.25, 0.3) is 0 Å². The van der Waals surface area contributed by atoms with E-state index in [1.165, 1.54) is 0 Å². The number of hydrogen-bond donors (Lipinski definition) is 2. The average molecular weight is 120 g/mol. The number of aliphatic hydroxyl groups excluding tert-OH is 1. The summed E-state index contributed by atoms with van der Waals surface area (Å²) in [4.78, 5) is 10.3. The first-order valence-electron chi connectivity index (χ1n) is 2.61. The summed E-state index contributed by atoms with van der Waals surface area (Å²) >= 11 is 0.